The Morgan fingerprint density at radius 1 is 1.36 bits per heavy atom. The molecule has 2 saturated carbocycles. The van der Waals surface area contributed by atoms with Crippen molar-refractivity contribution in [2.24, 2.45) is 11.3 Å². The molecule has 2 fully saturated rings. The molecule has 0 saturated heterocycles. The first-order valence-electron chi connectivity index (χ1n) is 5.77. The largest absolute Gasteiger partial charge is 0.299 e. The maximum Gasteiger partial charge on any atom is 0.142 e. The molecule has 0 amide bonds. The molecule has 2 rings (SSSR count). The Bertz CT molecular complexity index is 296. The number of hydrogen-bond donors (Lipinski definition) is 0. The standard InChI is InChI=1S/C13H20O/c1-9(2)12-10-5-4-8-13(12,3)11(14)7-6-10/h10H,4-8H2,1-3H3. The van der Waals surface area contributed by atoms with Crippen LogP contribution in [0.1, 0.15) is 52.9 Å². The van der Waals surface area contributed by atoms with Gasteiger partial charge in [0.2, 0.25) is 0 Å². The Morgan fingerprint density at radius 3 is 2.64 bits per heavy atom. The van der Waals surface area contributed by atoms with Gasteiger partial charge in [-0.2, -0.15) is 0 Å². The van der Waals surface area contributed by atoms with Gasteiger partial charge in [-0.1, -0.05) is 17.6 Å². The van der Waals surface area contributed by atoms with Gasteiger partial charge in [0.15, 0.2) is 0 Å². The molecular weight excluding hydrogens is 172 g/mol. The van der Waals surface area contributed by atoms with Gasteiger partial charge >= 0.3 is 0 Å². The number of fused-ring (bicyclic) bond motifs is 2. The van der Waals surface area contributed by atoms with Gasteiger partial charge in [0.25, 0.3) is 0 Å². The molecule has 1 nitrogen and oxygen atoms in total. The highest BCUT2D eigenvalue weighted by molar-refractivity contribution is 5.89. The van der Waals surface area contributed by atoms with E-state index in [1.165, 1.54) is 24.0 Å². The summed E-state index contributed by atoms with van der Waals surface area (Å²) in [6.45, 7) is 6.51. The van der Waals surface area contributed by atoms with Crippen LogP contribution in [0.15, 0.2) is 11.1 Å². The van der Waals surface area contributed by atoms with Crippen molar-refractivity contribution < 1.29 is 4.79 Å². The average molecular weight is 192 g/mol. The Hall–Kier alpha value is -0.590. The molecule has 0 spiro atoms. The molecule has 14 heavy (non-hydrogen) atoms. The first-order chi connectivity index (χ1) is 6.55. The van der Waals surface area contributed by atoms with Gasteiger partial charge in [-0.25, -0.2) is 0 Å². The van der Waals surface area contributed by atoms with Crippen molar-refractivity contribution in [1.82, 2.24) is 0 Å². The molecule has 2 aliphatic carbocycles. The zero-order valence-electron chi connectivity index (χ0n) is 9.52. The molecule has 0 aromatic carbocycles. The van der Waals surface area contributed by atoms with Crippen LogP contribution < -0.4 is 0 Å². The molecule has 2 unspecified atom stereocenters. The van der Waals surface area contributed by atoms with Crippen molar-refractivity contribution in [2.45, 2.75) is 52.9 Å². The number of carbonyl (C=O) groups is 1. The van der Waals surface area contributed by atoms with Crippen LogP contribution in [0.3, 0.4) is 0 Å². The summed E-state index contributed by atoms with van der Waals surface area (Å²) in [5.41, 5.74) is 2.80. The third-order valence-electron chi connectivity index (χ3n) is 4.11. The lowest BCUT2D eigenvalue weighted by Gasteiger charge is -2.45. The topological polar surface area (TPSA) is 17.1 Å². The van der Waals surface area contributed by atoms with E-state index in [9.17, 15) is 4.79 Å². The van der Waals surface area contributed by atoms with E-state index in [1.807, 2.05) is 0 Å². The SMILES string of the molecule is CC(C)=C1C2CCCC1(C)C(=O)CC2. The maximum atomic E-state index is 12.0. The summed E-state index contributed by atoms with van der Waals surface area (Å²) in [6, 6.07) is 0. The van der Waals surface area contributed by atoms with Crippen LogP contribution in [0, 0.1) is 11.3 Å². The lowest BCUT2D eigenvalue weighted by atomic mass is 9.58. The second kappa shape index (κ2) is 3.22. The summed E-state index contributed by atoms with van der Waals surface area (Å²) in [6.07, 6.45) is 5.56. The van der Waals surface area contributed by atoms with Crippen LogP contribution in [0.25, 0.3) is 0 Å². The van der Waals surface area contributed by atoms with E-state index in [1.54, 1.807) is 0 Å². The molecule has 0 aliphatic heterocycles. The zero-order valence-corrected chi connectivity index (χ0v) is 9.52. The van der Waals surface area contributed by atoms with Crippen LogP contribution in [0.2, 0.25) is 0 Å². The lowest BCUT2D eigenvalue weighted by Crippen LogP contribution is -2.41. The summed E-state index contributed by atoms with van der Waals surface area (Å²) < 4.78 is 0. The molecule has 2 atom stereocenters. The maximum absolute atomic E-state index is 12.0. The molecule has 0 radical (unpaired) electrons. The summed E-state index contributed by atoms with van der Waals surface area (Å²) in [5.74, 6) is 1.21. The van der Waals surface area contributed by atoms with Gasteiger partial charge in [-0.05, 0) is 46.0 Å². The number of carbonyl (C=O) groups excluding carboxylic acids is 1. The van der Waals surface area contributed by atoms with Crippen molar-refractivity contribution >= 4 is 5.78 Å². The molecule has 0 aromatic heterocycles. The van der Waals surface area contributed by atoms with Crippen molar-refractivity contribution in [3.05, 3.63) is 11.1 Å². The quantitative estimate of drug-likeness (QED) is 0.537. The molecule has 1 heteroatoms. The molecule has 0 heterocycles. The predicted molar refractivity (Wildman–Crippen MR) is 58.1 cm³/mol. The zero-order chi connectivity index (χ0) is 10.3. The van der Waals surface area contributed by atoms with Crippen LogP contribution >= 0.6 is 0 Å². The summed E-state index contributed by atoms with van der Waals surface area (Å²) in [5, 5.41) is 0. The number of allylic oxidation sites excluding steroid dienone is 2. The van der Waals surface area contributed by atoms with Gasteiger partial charge in [-0.15, -0.1) is 0 Å². The second-order valence-corrected chi connectivity index (χ2v) is 5.30. The first-order valence-corrected chi connectivity index (χ1v) is 5.77. The third-order valence-corrected chi connectivity index (χ3v) is 4.11. The fourth-order valence-corrected chi connectivity index (χ4v) is 3.55. The fourth-order valence-electron chi connectivity index (χ4n) is 3.55. The van der Waals surface area contributed by atoms with Crippen molar-refractivity contribution in [3.8, 4) is 0 Å². The van der Waals surface area contributed by atoms with Crippen LogP contribution in [-0.2, 0) is 4.79 Å². The van der Waals surface area contributed by atoms with Crippen molar-refractivity contribution in [3.63, 3.8) is 0 Å². The fraction of sp³-hybridized carbons (Fsp3) is 0.769. The normalized spacial score (nSPS) is 37.2. The summed E-state index contributed by atoms with van der Waals surface area (Å²) in [7, 11) is 0. The van der Waals surface area contributed by atoms with Crippen LogP contribution in [0.4, 0.5) is 0 Å². The van der Waals surface area contributed by atoms with E-state index in [0.717, 1.165) is 25.2 Å². The van der Waals surface area contributed by atoms with E-state index in [0.29, 0.717) is 5.78 Å². The number of ketones is 1. The molecule has 2 bridgehead atoms. The Balaban J connectivity index is 2.48. The highest BCUT2D eigenvalue weighted by Gasteiger charge is 2.46. The Labute approximate surface area is 86.6 Å². The highest BCUT2D eigenvalue weighted by atomic mass is 16.1. The molecule has 2 aliphatic rings. The van der Waals surface area contributed by atoms with Gasteiger partial charge in [0, 0.05) is 11.8 Å². The van der Waals surface area contributed by atoms with Crippen molar-refractivity contribution in [2.75, 3.05) is 0 Å². The second-order valence-electron chi connectivity index (χ2n) is 5.30. The van der Waals surface area contributed by atoms with Gasteiger partial charge in [-0.3, -0.25) is 4.79 Å². The van der Waals surface area contributed by atoms with E-state index in [-0.39, 0.29) is 5.41 Å². The summed E-state index contributed by atoms with van der Waals surface area (Å²) in [4.78, 5) is 12.0. The van der Waals surface area contributed by atoms with E-state index < -0.39 is 0 Å². The molecular formula is C13H20O. The smallest absolute Gasteiger partial charge is 0.142 e. The molecule has 0 N–H and O–H groups in total. The highest BCUT2D eigenvalue weighted by Crippen LogP contribution is 2.51. The molecule has 0 aromatic rings. The minimum atomic E-state index is -0.0833. The first kappa shape index (κ1) is 9.95. The molecule has 78 valence electrons. The number of hydrogen-bond acceptors (Lipinski definition) is 1. The minimum absolute atomic E-state index is 0.0833. The van der Waals surface area contributed by atoms with E-state index >= 15 is 0 Å². The monoisotopic (exact) mass is 192 g/mol. The van der Waals surface area contributed by atoms with E-state index in [2.05, 4.69) is 20.8 Å². The van der Waals surface area contributed by atoms with Gasteiger partial charge in [0.1, 0.15) is 5.78 Å². The van der Waals surface area contributed by atoms with Gasteiger partial charge < -0.3 is 0 Å². The predicted octanol–water partition coefficient (Wildman–Crippen LogP) is 3.49. The lowest BCUT2D eigenvalue weighted by molar-refractivity contribution is -0.129. The number of rotatable bonds is 0. The Kier molecular flexibility index (Phi) is 2.29. The van der Waals surface area contributed by atoms with Crippen LogP contribution in [0.5, 0.6) is 0 Å². The summed E-state index contributed by atoms with van der Waals surface area (Å²) >= 11 is 0. The minimum Gasteiger partial charge on any atom is -0.299 e. The number of Topliss-reactive ketones (excluding diaryl/α,β-unsaturated/α-hetero) is 1. The van der Waals surface area contributed by atoms with E-state index in [4.69, 9.17) is 0 Å². The van der Waals surface area contributed by atoms with Gasteiger partial charge in [0.05, 0.1) is 0 Å². The average Bonchev–Trinajstić information content (AvgIpc) is 2.11. The van der Waals surface area contributed by atoms with Crippen molar-refractivity contribution in [1.29, 1.82) is 0 Å². The third kappa shape index (κ3) is 1.25. The van der Waals surface area contributed by atoms with Crippen LogP contribution in [-0.4, -0.2) is 5.78 Å². The Morgan fingerprint density at radius 2 is 2.07 bits per heavy atom.